The first-order chi connectivity index (χ1) is 11.2. The summed E-state index contributed by atoms with van der Waals surface area (Å²) in [6, 6.07) is -0.557. The summed E-state index contributed by atoms with van der Waals surface area (Å²) in [6.45, 7) is 0. The van der Waals surface area contributed by atoms with E-state index in [1.807, 2.05) is 0 Å². The molecule has 0 aliphatic rings. The second kappa shape index (κ2) is 4.31. The summed E-state index contributed by atoms with van der Waals surface area (Å²) in [7, 11) is 0. The van der Waals surface area contributed by atoms with Gasteiger partial charge in [0.25, 0.3) is 0 Å². The summed E-state index contributed by atoms with van der Waals surface area (Å²) >= 11 is 0. The Morgan fingerprint density at radius 3 is 2.40 bits per heavy atom. The number of aromatic hydroxyl groups is 3. The topological polar surface area (TPSA) is 90.9 Å². The lowest BCUT2D eigenvalue weighted by molar-refractivity contribution is 0.452. The van der Waals surface area contributed by atoms with Crippen molar-refractivity contribution in [2.75, 3.05) is 0 Å². The molecule has 0 amide bonds. The van der Waals surface area contributed by atoms with Crippen LogP contribution in [0.15, 0.2) is 51.8 Å². The number of fused-ring (bicyclic) bond motifs is 1. The Morgan fingerprint density at radius 2 is 1.70 bits per heavy atom. The number of hydrogen-bond acceptors (Lipinski definition) is 5. The van der Waals surface area contributed by atoms with E-state index in [9.17, 15) is 20.1 Å². The molecule has 0 aliphatic carbocycles. The third-order valence-electron chi connectivity index (χ3n) is 2.72. The molecular weight excluding hydrogens is 260 g/mol. The fraction of sp³-hybridized carbons (Fsp3) is 0. The number of benzene rings is 2. The van der Waals surface area contributed by atoms with Gasteiger partial charge in [0.15, 0.2) is 0 Å². The highest BCUT2D eigenvalue weighted by Crippen LogP contribution is 2.29. The fourth-order valence-electron chi connectivity index (χ4n) is 1.83. The second-order valence-electron chi connectivity index (χ2n) is 4.04. The standard InChI is InChI=1S/C15H10O5/c16-9-3-1-8(2-4-9)11-7-20-13-6-10(17)5-12(18)14(13)15(11)19/h1-7,16-18H/i1D,2D,3D,4D. The van der Waals surface area contributed by atoms with Gasteiger partial charge in [0.2, 0.25) is 5.43 Å². The van der Waals surface area contributed by atoms with Gasteiger partial charge in [0.05, 0.1) is 11.0 Å². The van der Waals surface area contributed by atoms with E-state index >= 15 is 0 Å². The van der Waals surface area contributed by atoms with Gasteiger partial charge in [-0.2, -0.15) is 0 Å². The molecule has 0 saturated heterocycles. The van der Waals surface area contributed by atoms with Crippen LogP contribution in [0.4, 0.5) is 0 Å². The van der Waals surface area contributed by atoms with Crippen molar-refractivity contribution in [1.82, 2.24) is 0 Å². The van der Waals surface area contributed by atoms with E-state index in [4.69, 9.17) is 9.90 Å². The summed E-state index contributed by atoms with van der Waals surface area (Å²) in [4.78, 5) is 12.6. The lowest BCUT2D eigenvalue weighted by atomic mass is 10.0. The third-order valence-corrected chi connectivity index (χ3v) is 2.72. The van der Waals surface area contributed by atoms with E-state index < -0.39 is 41.1 Å². The molecule has 0 aliphatic heterocycles. The van der Waals surface area contributed by atoms with Crippen molar-refractivity contribution in [3.8, 4) is 28.4 Å². The van der Waals surface area contributed by atoms with Crippen LogP contribution in [-0.4, -0.2) is 15.3 Å². The van der Waals surface area contributed by atoms with Crippen molar-refractivity contribution in [2.45, 2.75) is 0 Å². The monoisotopic (exact) mass is 274 g/mol. The third kappa shape index (κ3) is 1.85. The van der Waals surface area contributed by atoms with Crippen LogP contribution in [0, 0.1) is 0 Å². The van der Waals surface area contributed by atoms with Gasteiger partial charge in [-0.1, -0.05) is 12.1 Å². The average molecular weight is 274 g/mol. The number of phenolic OH excluding ortho intramolecular Hbond substituents is 3. The van der Waals surface area contributed by atoms with Crippen LogP contribution in [0.2, 0.25) is 0 Å². The molecule has 0 fully saturated rings. The van der Waals surface area contributed by atoms with Gasteiger partial charge in [-0.3, -0.25) is 4.79 Å². The molecule has 100 valence electrons. The number of rotatable bonds is 1. The molecule has 0 bridgehead atoms. The zero-order valence-electron chi connectivity index (χ0n) is 13.9. The molecular formula is C15H10O5. The predicted molar refractivity (Wildman–Crippen MR) is 72.9 cm³/mol. The van der Waals surface area contributed by atoms with Gasteiger partial charge in [0, 0.05) is 12.1 Å². The molecule has 3 rings (SSSR count). The van der Waals surface area contributed by atoms with Crippen LogP contribution >= 0.6 is 0 Å². The average Bonchev–Trinajstić information content (AvgIpc) is 2.52. The minimum Gasteiger partial charge on any atom is -0.508 e. The molecule has 1 heterocycles. The lowest BCUT2D eigenvalue weighted by Gasteiger charge is -2.05. The molecule has 20 heavy (non-hydrogen) atoms. The van der Waals surface area contributed by atoms with Crippen molar-refractivity contribution in [1.29, 1.82) is 0 Å². The van der Waals surface area contributed by atoms with Gasteiger partial charge in [-0.25, -0.2) is 0 Å². The van der Waals surface area contributed by atoms with E-state index in [0.29, 0.717) is 0 Å². The number of phenols is 3. The minimum absolute atomic E-state index is 0.102. The Morgan fingerprint density at radius 1 is 1.00 bits per heavy atom. The van der Waals surface area contributed by atoms with Crippen LogP contribution in [0.5, 0.6) is 17.2 Å². The first-order valence-electron chi connectivity index (χ1n) is 7.51. The zero-order chi connectivity index (χ0) is 17.8. The molecule has 3 aromatic rings. The lowest BCUT2D eigenvalue weighted by Crippen LogP contribution is -2.04. The maximum Gasteiger partial charge on any atom is 0.204 e. The summed E-state index contributed by atoms with van der Waals surface area (Å²) in [5.41, 5.74) is -1.55. The number of hydrogen-bond donors (Lipinski definition) is 3. The van der Waals surface area contributed by atoms with E-state index in [1.54, 1.807) is 0 Å². The van der Waals surface area contributed by atoms with Gasteiger partial charge in [-0.05, 0) is 17.6 Å². The van der Waals surface area contributed by atoms with Gasteiger partial charge in [-0.15, -0.1) is 0 Å². The highest BCUT2D eigenvalue weighted by Gasteiger charge is 2.13. The highest BCUT2D eigenvalue weighted by atomic mass is 16.3. The molecule has 0 saturated carbocycles. The molecule has 0 unspecified atom stereocenters. The first-order valence-corrected chi connectivity index (χ1v) is 5.51. The Bertz CT molecular complexity index is 1030. The summed E-state index contributed by atoms with van der Waals surface area (Å²) in [6.07, 6.45) is 0.922. The SMILES string of the molecule is [2H]c1c([2H])c(-c2coc3cc(O)cc(O)c3c2=O)c([2H])c([2H])c1O. The molecule has 0 spiro atoms. The molecule has 0 atom stereocenters. The van der Waals surface area contributed by atoms with Crippen LogP contribution in [0.3, 0.4) is 0 Å². The van der Waals surface area contributed by atoms with Crippen LogP contribution < -0.4 is 5.43 Å². The Hall–Kier alpha value is -2.95. The quantitative estimate of drug-likeness (QED) is 0.634. The maximum atomic E-state index is 12.6. The van der Waals surface area contributed by atoms with Crippen LogP contribution in [-0.2, 0) is 0 Å². The molecule has 1 aromatic heterocycles. The Labute approximate surface area is 118 Å². The van der Waals surface area contributed by atoms with Crippen molar-refractivity contribution in [2.24, 2.45) is 0 Å². The first kappa shape index (κ1) is 8.27. The molecule has 3 N–H and O–H groups in total. The van der Waals surface area contributed by atoms with Gasteiger partial charge < -0.3 is 19.7 Å². The Kier molecular flexibility index (Phi) is 1.78. The van der Waals surface area contributed by atoms with E-state index in [1.165, 1.54) is 0 Å². The van der Waals surface area contributed by atoms with Crippen molar-refractivity contribution >= 4 is 11.0 Å². The fourth-order valence-corrected chi connectivity index (χ4v) is 1.83. The van der Waals surface area contributed by atoms with Crippen molar-refractivity contribution in [3.63, 3.8) is 0 Å². The van der Waals surface area contributed by atoms with Crippen molar-refractivity contribution < 1.29 is 25.2 Å². The highest BCUT2D eigenvalue weighted by molar-refractivity contribution is 5.87. The van der Waals surface area contributed by atoms with Gasteiger partial charge >= 0.3 is 0 Å². The Balaban J connectivity index is 2.45. The largest absolute Gasteiger partial charge is 0.508 e. The van der Waals surface area contributed by atoms with E-state index in [0.717, 1.165) is 18.4 Å². The molecule has 2 aromatic carbocycles. The summed E-state index contributed by atoms with van der Waals surface area (Å²) in [5, 5.41) is 28.6. The summed E-state index contributed by atoms with van der Waals surface area (Å²) < 4.78 is 36.2. The van der Waals surface area contributed by atoms with Crippen molar-refractivity contribution in [3.05, 3.63) is 52.8 Å². The minimum atomic E-state index is -0.827. The second-order valence-corrected chi connectivity index (χ2v) is 4.04. The molecule has 5 nitrogen and oxygen atoms in total. The molecule has 5 heteroatoms. The zero-order valence-corrected chi connectivity index (χ0v) is 9.89. The van der Waals surface area contributed by atoms with Crippen LogP contribution in [0.25, 0.3) is 22.1 Å². The van der Waals surface area contributed by atoms with E-state index in [2.05, 4.69) is 0 Å². The predicted octanol–water partition coefficient (Wildman–Crippen LogP) is 2.58. The van der Waals surface area contributed by atoms with E-state index in [-0.39, 0.29) is 27.8 Å². The molecule has 0 radical (unpaired) electrons. The maximum absolute atomic E-state index is 12.6. The summed E-state index contributed by atoms with van der Waals surface area (Å²) in [5.74, 6) is -1.69. The smallest absolute Gasteiger partial charge is 0.204 e. The normalized spacial score (nSPS) is 13.6. The van der Waals surface area contributed by atoms with Crippen LogP contribution in [0.1, 0.15) is 5.48 Å². The van der Waals surface area contributed by atoms with Gasteiger partial charge in [0.1, 0.15) is 34.5 Å².